The first-order chi connectivity index (χ1) is 9.31. The van der Waals surface area contributed by atoms with E-state index in [-0.39, 0.29) is 0 Å². The molecular weight excluding hydrogens is 370 g/mol. The first kappa shape index (κ1) is 16.4. The summed E-state index contributed by atoms with van der Waals surface area (Å²) >= 11 is 2.27. The minimum atomic E-state index is 0.601. The van der Waals surface area contributed by atoms with E-state index in [0.29, 0.717) is 6.37 Å². The molecule has 0 fully saturated rings. The van der Waals surface area contributed by atoms with Crippen LogP contribution in [-0.2, 0) is 4.74 Å². The number of ether oxygens (including phenoxy) is 1. The molecule has 0 amide bonds. The van der Waals surface area contributed by atoms with Crippen molar-refractivity contribution in [2.24, 2.45) is 0 Å². The van der Waals surface area contributed by atoms with Crippen molar-refractivity contribution in [2.45, 2.75) is 19.3 Å². The molecule has 0 saturated heterocycles. The third-order valence-electron chi connectivity index (χ3n) is 2.52. The van der Waals surface area contributed by atoms with Crippen molar-refractivity contribution in [1.82, 2.24) is 0 Å². The molecule has 0 aliphatic carbocycles. The predicted octanol–water partition coefficient (Wildman–Crippen LogP) is 4.21. The van der Waals surface area contributed by atoms with Gasteiger partial charge in [-0.1, -0.05) is 11.8 Å². The number of halogens is 1. The maximum Gasteiger partial charge on any atom is 0.0465 e. The molecule has 0 saturated carbocycles. The molecule has 0 heterocycles. The topological polar surface area (TPSA) is 45.1 Å². The molecule has 0 bridgehead atoms. The fourth-order valence-electron chi connectivity index (χ4n) is 1.55. The number of rotatable bonds is 7. The van der Waals surface area contributed by atoms with Crippen molar-refractivity contribution in [2.75, 3.05) is 18.8 Å². The van der Waals surface area contributed by atoms with E-state index in [9.17, 15) is 0 Å². The van der Waals surface area contributed by atoms with Crippen LogP contribution >= 0.6 is 28.4 Å². The maximum atomic E-state index is 7.42. The van der Waals surface area contributed by atoms with Crippen LogP contribution in [0.1, 0.15) is 30.4 Å². The molecule has 2 N–H and O–H groups in total. The first-order valence-corrected chi connectivity index (χ1v) is 10.2. The van der Waals surface area contributed by atoms with Gasteiger partial charge in [0.25, 0.3) is 0 Å². The molecule has 1 unspecified atom stereocenters. The van der Waals surface area contributed by atoms with E-state index in [2.05, 4.69) is 39.0 Å². The molecule has 1 aromatic carbocycles. The minimum Gasteiger partial charge on any atom is -0.385 e. The van der Waals surface area contributed by atoms with Crippen molar-refractivity contribution in [3.63, 3.8) is 0 Å². The summed E-state index contributed by atoms with van der Waals surface area (Å²) in [6.07, 6.45) is 4.97. The molecule has 0 radical (unpaired) electrons. The van der Waals surface area contributed by atoms with Crippen LogP contribution in [0, 0.1) is 17.3 Å². The Morgan fingerprint density at radius 3 is 3.00 bits per heavy atom. The lowest BCUT2D eigenvalue weighted by Crippen LogP contribution is -1.91. The quantitative estimate of drug-likeness (QED) is 0.242. The SMILES string of the molecule is COCCCCC#Cc1ccc(NPI)c(C=N)c1. The van der Waals surface area contributed by atoms with Crippen molar-refractivity contribution < 1.29 is 4.74 Å². The van der Waals surface area contributed by atoms with Crippen molar-refractivity contribution in [3.8, 4) is 11.8 Å². The van der Waals surface area contributed by atoms with Gasteiger partial charge >= 0.3 is 0 Å². The predicted molar refractivity (Wildman–Crippen MR) is 92.9 cm³/mol. The van der Waals surface area contributed by atoms with Crippen LogP contribution in [0.3, 0.4) is 0 Å². The lowest BCUT2D eigenvalue weighted by Gasteiger charge is -2.06. The zero-order valence-corrected chi connectivity index (χ0v) is 14.1. The molecule has 0 spiro atoms. The Morgan fingerprint density at radius 2 is 2.32 bits per heavy atom. The molecule has 0 aliphatic rings. The van der Waals surface area contributed by atoms with Crippen molar-refractivity contribution in [3.05, 3.63) is 29.3 Å². The zero-order chi connectivity index (χ0) is 13.9. The van der Waals surface area contributed by atoms with Crippen LogP contribution < -0.4 is 5.09 Å². The number of anilines is 1. The third kappa shape index (κ3) is 6.38. The normalized spacial score (nSPS) is 10.2. The minimum absolute atomic E-state index is 0.601. The Morgan fingerprint density at radius 1 is 1.47 bits per heavy atom. The average molecular weight is 388 g/mol. The number of nitrogens with one attached hydrogen (secondary N) is 2. The number of benzene rings is 1. The number of hydrogen-bond donors (Lipinski definition) is 2. The maximum absolute atomic E-state index is 7.42. The van der Waals surface area contributed by atoms with Gasteiger partial charge in [0.05, 0.1) is 0 Å². The van der Waals surface area contributed by atoms with E-state index >= 15 is 0 Å². The smallest absolute Gasteiger partial charge is 0.0465 e. The van der Waals surface area contributed by atoms with Crippen LogP contribution in [-0.4, -0.2) is 19.9 Å². The second-order valence-electron chi connectivity index (χ2n) is 3.92. The second-order valence-corrected chi connectivity index (χ2v) is 5.97. The van der Waals surface area contributed by atoms with Gasteiger partial charge in [-0.25, -0.2) is 0 Å². The molecule has 1 atom stereocenters. The molecule has 19 heavy (non-hydrogen) atoms. The largest absolute Gasteiger partial charge is 0.385 e. The Labute approximate surface area is 129 Å². The standard InChI is InChI=1S/C14H18IN2OP/c1-18-9-5-3-2-4-6-12-7-8-14(17-19-15)13(10-12)11-16/h7-8,10-11,16-17,19H,2-3,5,9H2,1H3. The average Bonchev–Trinajstić information content (AvgIpc) is 2.44. The molecule has 102 valence electrons. The molecule has 1 rings (SSSR count). The number of unbranched alkanes of at least 4 members (excludes halogenated alkanes) is 2. The summed E-state index contributed by atoms with van der Waals surface area (Å²) in [7, 11) is 1.72. The van der Waals surface area contributed by atoms with Crippen molar-refractivity contribution in [1.29, 1.82) is 5.41 Å². The Hall–Kier alpha value is -0.630. The van der Waals surface area contributed by atoms with Crippen LogP contribution in [0.15, 0.2) is 18.2 Å². The van der Waals surface area contributed by atoms with Gasteiger partial charge in [0, 0.05) is 49.5 Å². The first-order valence-electron chi connectivity index (χ1n) is 6.05. The zero-order valence-electron chi connectivity index (χ0n) is 10.9. The molecule has 0 aliphatic heterocycles. The van der Waals surface area contributed by atoms with E-state index in [1.54, 1.807) is 7.11 Å². The summed E-state index contributed by atoms with van der Waals surface area (Å²) in [5.74, 6) is 6.31. The molecular formula is C14H18IN2OP. The summed E-state index contributed by atoms with van der Waals surface area (Å²) < 4.78 is 4.99. The highest BCUT2D eigenvalue weighted by Crippen LogP contribution is 2.26. The van der Waals surface area contributed by atoms with Gasteiger partial charge < -0.3 is 15.2 Å². The van der Waals surface area contributed by atoms with Gasteiger partial charge in [0.1, 0.15) is 0 Å². The van der Waals surface area contributed by atoms with Crippen LogP contribution in [0.2, 0.25) is 0 Å². The highest BCUT2D eigenvalue weighted by atomic mass is 127. The monoisotopic (exact) mass is 388 g/mol. The fourth-order valence-corrected chi connectivity index (χ4v) is 2.75. The summed E-state index contributed by atoms with van der Waals surface area (Å²) in [5.41, 5.74) is 2.84. The van der Waals surface area contributed by atoms with E-state index in [1.807, 2.05) is 18.2 Å². The lowest BCUT2D eigenvalue weighted by atomic mass is 10.1. The van der Waals surface area contributed by atoms with E-state index in [1.165, 1.54) is 6.21 Å². The number of hydrogen-bond acceptors (Lipinski definition) is 3. The summed E-state index contributed by atoms with van der Waals surface area (Å²) in [5, 5.41) is 10.7. The second kappa shape index (κ2) is 10.2. The Bertz CT molecular complexity index is 468. The molecule has 0 aromatic heterocycles. The summed E-state index contributed by atoms with van der Waals surface area (Å²) in [4.78, 5) is 0. The van der Waals surface area contributed by atoms with E-state index in [0.717, 1.165) is 42.7 Å². The highest BCUT2D eigenvalue weighted by molar-refractivity contribution is 14.2. The van der Waals surface area contributed by atoms with Crippen LogP contribution in [0.5, 0.6) is 0 Å². The summed E-state index contributed by atoms with van der Waals surface area (Å²) in [6.45, 7) is 0.803. The highest BCUT2D eigenvalue weighted by Gasteiger charge is 1.99. The molecule has 3 nitrogen and oxygen atoms in total. The number of methoxy groups -OCH3 is 1. The lowest BCUT2D eigenvalue weighted by molar-refractivity contribution is 0.193. The van der Waals surface area contributed by atoms with Crippen LogP contribution in [0.4, 0.5) is 5.69 Å². The third-order valence-corrected chi connectivity index (χ3v) is 3.69. The van der Waals surface area contributed by atoms with E-state index < -0.39 is 0 Å². The molecule has 5 heteroatoms. The summed E-state index contributed by atoms with van der Waals surface area (Å²) in [6, 6.07) is 5.93. The van der Waals surface area contributed by atoms with Crippen LogP contribution in [0.25, 0.3) is 0 Å². The van der Waals surface area contributed by atoms with Gasteiger partial charge in [-0.15, -0.1) is 0 Å². The van der Waals surface area contributed by atoms with Crippen molar-refractivity contribution >= 4 is 40.3 Å². The molecule has 1 aromatic rings. The Balaban J connectivity index is 2.59. The van der Waals surface area contributed by atoms with Gasteiger partial charge in [0.15, 0.2) is 0 Å². The van der Waals surface area contributed by atoms with Gasteiger partial charge in [0.2, 0.25) is 0 Å². The Kier molecular flexibility index (Phi) is 8.81. The van der Waals surface area contributed by atoms with Gasteiger partial charge in [-0.05, 0) is 53.1 Å². The fraction of sp³-hybridized carbons (Fsp3) is 0.357. The van der Waals surface area contributed by atoms with Gasteiger partial charge in [-0.2, -0.15) is 0 Å². The van der Waals surface area contributed by atoms with Gasteiger partial charge in [-0.3, -0.25) is 0 Å². The van der Waals surface area contributed by atoms with E-state index in [4.69, 9.17) is 10.1 Å².